The van der Waals surface area contributed by atoms with Crippen LogP contribution in [0.1, 0.15) is 20.3 Å². The van der Waals surface area contributed by atoms with Crippen molar-refractivity contribution in [1.29, 1.82) is 0 Å². The molecule has 0 saturated carbocycles. The van der Waals surface area contributed by atoms with Crippen LogP contribution >= 0.6 is 11.8 Å². The van der Waals surface area contributed by atoms with E-state index in [1.807, 2.05) is 6.07 Å². The Morgan fingerprint density at radius 1 is 0.889 bits per heavy atom. The van der Waals surface area contributed by atoms with Crippen molar-refractivity contribution in [3.05, 3.63) is 66.7 Å². The molecule has 0 aliphatic heterocycles. The highest BCUT2D eigenvalue weighted by Gasteiger charge is 2.04. The number of benzene rings is 2. The molecular formula is C21H25NO4S-2. The number of hydrogen-bond donors (Lipinski definition) is 0. The first-order chi connectivity index (χ1) is 12.8. The van der Waals surface area contributed by atoms with E-state index in [-0.39, 0.29) is 0 Å². The Morgan fingerprint density at radius 3 is 1.78 bits per heavy atom. The third-order valence-electron chi connectivity index (χ3n) is 2.67. The highest BCUT2D eigenvalue weighted by Crippen LogP contribution is 2.34. The Bertz CT molecular complexity index is 699. The summed E-state index contributed by atoms with van der Waals surface area (Å²) in [6, 6.07) is 18.9. The highest BCUT2D eigenvalue weighted by atomic mass is 32.2. The van der Waals surface area contributed by atoms with Gasteiger partial charge in [-0.1, -0.05) is 62.4 Å². The number of anilines is 1. The molecular weight excluding hydrogens is 362 g/mol. The lowest BCUT2D eigenvalue weighted by Crippen LogP contribution is -2.23. The molecule has 0 amide bonds. The number of nitrogens with zero attached hydrogens (tertiary/aromatic N) is 1. The number of carbonyl (C=O) groups excluding carboxylic acids is 2. The van der Waals surface area contributed by atoms with Crippen LogP contribution in [-0.2, 0) is 9.59 Å². The molecule has 5 nitrogen and oxygen atoms in total. The van der Waals surface area contributed by atoms with E-state index in [0.717, 1.165) is 0 Å². The predicted molar refractivity (Wildman–Crippen MR) is 106 cm³/mol. The summed E-state index contributed by atoms with van der Waals surface area (Å²) in [6.07, 6.45) is 2.02. The molecule has 0 radical (unpaired) electrons. The van der Waals surface area contributed by atoms with Gasteiger partial charge < -0.3 is 24.7 Å². The maximum atomic E-state index is 9.41. The van der Waals surface area contributed by atoms with Crippen LogP contribution in [0.5, 0.6) is 0 Å². The fourth-order valence-corrected chi connectivity index (χ4v) is 2.71. The second-order valence-electron chi connectivity index (χ2n) is 5.46. The third kappa shape index (κ3) is 12.3. The molecule has 146 valence electrons. The predicted octanol–water partition coefficient (Wildman–Crippen LogP) is 2.36. The molecule has 6 heteroatoms. The van der Waals surface area contributed by atoms with Crippen LogP contribution < -0.4 is 15.1 Å². The fraction of sp³-hybridized carbons (Fsp3) is 0.238. The molecule has 0 aromatic heterocycles. The van der Waals surface area contributed by atoms with Gasteiger partial charge in [0, 0.05) is 23.9 Å². The molecule has 27 heavy (non-hydrogen) atoms. The normalized spacial score (nSPS) is 9.48. The van der Waals surface area contributed by atoms with Crippen molar-refractivity contribution in [2.75, 3.05) is 19.0 Å². The molecule has 0 saturated heterocycles. The van der Waals surface area contributed by atoms with Crippen molar-refractivity contribution >= 4 is 29.4 Å². The summed E-state index contributed by atoms with van der Waals surface area (Å²) in [7, 11) is 4.15. The number of hydrogen-bond acceptors (Lipinski definition) is 6. The van der Waals surface area contributed by atoms with Crippen LogP contribution in [0.3, 0.4) is 0 Å². The molecule has 0 N–H and O–H groups in total. The van der Waals surface area contributed by atoms with Crippen molar-refractivity contribution in [2.24, 2.45) is 0 Å². The van der Waals surface area contributed by atoms with Crippen molar-refractivity contribution in [2.45, 2.75) is 30.1 Å². The van der Waals surface area contributed by atoms with Gasteiger partial charge in [0.15, 0.2) is 0 Å². The minimum atomic E-state index is -1.55. The van der Waals surface area contributed by atoms with Crippen molar-refractivity contribution < 1.29 is 19.8 Å². The monoisotopic (exact) mass is 387 g/mol. The van der Waals surface area contributed by atoms with E-state index in [9.17, 15) is 19.8 Å². The molecule has 0 aliphatic rings. The van der Waals surface area contributed by atoms with Crippen LogP contribution in [0, 0.1) is 0 Å². The lowest BCUT2D eigenvalue weighted by Gasteiger charge is -2.16. The van der Waals surface area contributed by atoms with Gasteiger partial charge in [0.05, 0.1) is 17.6 Å². The zero-order valence-electron chi connectivity index (χ0n) is 16.0. The molecule has 2 aromatic carbocycles. The molecule has 2 aromatic rings. The molecule has 0 atom stereocenters. The largest absolute Gasteiger partial charge is 0.545 e. The summed E-state index contributed by atoms with van der Waals surface area (Å²) in [5.74, 6) is -3.09. The lowest BCUT2D eigenvalue weighted by molar-refractivity contribution is -0.301. The third-order valence-corrected chi connectivity index (χ3v) is 3.75. The molecule has 2 rings (SSSR count). The summed E-state index contributed by atoms with van der Waals surface area (Å²) in [4.78, 5) is 23.5. The van der Waals surface area contributed by atoms with Crippen LogP contribution in [0.15, 0.2) is 76.5 Å². The average Bonchev–Trinajstić information content (AvgIpc) is 2.62. The minimum Gasteiger partial charge on any atom is -0.545 e. The van der Waals surface area contributed by atoms with E-state index < -0.39 is 11.9 Å². The number of carboxylic acid groups (broad SMARTS) is 2. The Balaban J connectivity index is 0.000000519. The van der Waals surface area contributed by atoms with E-state index >= 15 is 0 Å². The van der Waals surface area contributed by atoms with Gasteiger partial charge in [-0.05, 0) is 36.4 Å². The van der Waals surface area contributed by atoms with E-state index in [1.165, 1.54) is 21.9 Å². The first-order valence-electron chi connectivity index (χ1n) is 8.41. The van der Waals surface area contributed by atoms with Crippen LogP contribution in [0.25, 0.3) is 0 Å². The Hall–Kier alpha value is -2.73. The van der Waals surface area contributed by atoms with Crippen LogP contribution in [0.2, 0.25) is 0 Å². The molecule has 0 heterocycles. The van der Waals surface area contributed by atoms with Crippen LogP contribution in [0.4, 0.5) is 5.69 Å². The van der Waals surface area contributed by atoms with Gasteiger partial charge in [0.2, 0.25) is 0 Å². The summed E-state index contributed by atoms with van der Waals surface area (Å²) in [6.45, 7) is 4.25. The van der Waals surface area contributed by atoms with Gasteiger partial charge >= 0.3 is 0 Å². The van der Waals surface area contributed by atoms with Crippen molar-refractivity contribution in [3.63, 3.8) is 0 Å². The number of carbonyl (C=O) groups is 2. The number of aliphatic carboxylic acids is 2. The van der Waals surface area contributed by atoms with E-state index in [1.54, 1.807) is 11.8 Å². The van der Waals surface area contributed by atoms with Crippen molar-refractivity contribution in [1.82, 2.24) is 0 Å². The minimum absolute atomic E-state index is 0.384. The van der Waals surface area contributed by atoms with Gasteiger partial charge in [-0.2, -0.15) is 0 Å². The molecule has 0 bridgehead atoms. The average molecular weight is 388 g/mol. The topological polar surface area (TPSA) is 83.5 Å². The number of carboxylic acids is 2. The lowest BCUT2D eigenvalue weighted by atomic mass is 10.3. The second kappa shape index (κ2) is 14.4. The number of para-hydroxylation sites is 1. The van der Waals surface area contributed by atoms with Gasteiger partial charge in [-0.3, -0.25) is 0 Å². The van der Waals surface area contributed by atoms with Crippen LogP contribution in [-0.4, -0.2) is 26.0 Å². The van der Waals surface area contributed by atoms with Gasteiger partial charge in [-0.25, -0.2) is 0 Å². The van der Waals surface area contributed by atoms with Gasteiger partial charge in [0.25, 0.3) is 0 Å². The summed E-state index contributed by atoms with van der Waals surface area (Å²) in [5, 5.41) is 18.8. The Labute approximate surface area is 165 Å². The molecule has 0 unspecified atom stereocenters. The fourth-order valence-electron chi connectivity index (χ4n) is 1.66. The quantitative estimate of drug-likeness (QED) is 0.733. The van der Waals surface area contributed by atoms with E-state index in [0.29, 0.717) is 12.2 Å². The zero-order valence-corrected chi connectivity index (χ0v) is 16.9. The summed E-state index contributed by atoms with van der Waals surface area (Å²) in [5.41, 5.74) is 1.26. The Morgan fingerprint density at radius 2 is 1.33 bits per heavy atom. The molecule has 0 fully saturated rings. The van der Waals surface area contributed by atoms with Crippen molar-refractivity contribution in [3.8, 4) is 0 Å². The molecule has 0 aliphatic carbocycles. The highest BCUT2D eigenvalue weighted by molar-refractivity contribution is 7.99. The van der Waals surface area contributed by atoms with Gasteiger partial charge in [-0.15, -0.1) is 0 Å². The second-order valence-corrected chi connectivity index (χ2v) is 6.57. The summed E-state index contributed by atoms with van der Waals surface area (Å²) >= 11 is 1.80. The number of rotatable bonds is 5. The standard InChI is InChI=1S/C14H15NS.C4H4O4.C3H8/c1-15(2)13-10-6-7-11-14(13)16-12-8-4-3-5-9-12;5-3(6)1-2-4(7)8;1-3-2/h3-11H,1-2H3;1-2H,(H,5,6)(H,7,8);3H2,1-2H3/p-2/b;2-1-;. The maximum absolute atomic E-state index is 9.41. The SMILES string of the molecule is CCC.CN(C)c1ccccc1Sc1ccccc1.O=C([O-])/C=C\C(=O)[O-]. The first kappa shape index (κ1) is 24.3. The zero-order chi connectivity index (χ0) is 20.7. The van der Waals surface area contributed by atoms with E-state index in [4.69, 9.17) is 0 Å². The summed E-state index contributed by atoms with van der Waals surface area (Å²) < 4.78 is 0. The maximum Gasteiger partial charge on any atom is 0.0643 e. The Kier molecular flexibility index (Phi) is 13.0. The van der Waals surface area contributed by atoms with Gasteiger partial charge in [0.1, 0.15) is 0 Å². The molecule has 0 spiro atoms. The van der Waals surface area contributed by atoms with E-state index in [2.05, 4.69) is 81.4 Å². The smallest absolute Gasteiger partial charge is 0.0643 e. The first-order valence-corrected chi connectivity index (χ1v) is 9.22.